The fourth-order valence-corrected chi connectivity index (χ4v) is 4.02. The van der Waals surface area contributed by atoms with Gasteiger partial charge >= 0.3 is 0 Å². The standard InChI is InChI=1S/C19H22N6OS/c1-25(13-5-4-8-20-11-13)16(26)12-22-17-14-7-10-27-19(14)24-18(23-17)15-6-2-3-9-21-15/h2-3,6-7,9-10,13,20H,4-5,8,11-12H2,1H3,(H,22,23,24). The van der Waals surface area contributed by atoms with E-state index in [1.165, 1.54) is 0 Å². The highest BCUT2D eigenvalue weighted by Crippen LogP contribution is 2.27. The van der Waals surface area contributed by atoms with Gasteiger partial charge in [-0.25, -0.2) is 9.97 Å². The molecule has 0 saturated carbocycles. The van der Waals surface area contributed by atoms with Gasteiger partial charge in [0.05, 0.1) is 11.9 Å². The number of hydrogen-bond donors (Lipinski definition) is 2. The number of nitrogens with zero attached hydrogens (tertiary/aromatic N) is 4. The van der Waals surface area contributed by atoms with Gasteiger partial charge in [0.25, 0.3) is 0 Å². The number of piperidine rings is 1. The van der Waals surface area contributed by atoms with Crippen molar-refractivity contribution in [1.29, 1.82) is 0 Å². The summed E-state index contributed by atoms with van der Waals surface area (Å²) in [4.78, 5) is 28.9. The third-order valence-electron chi connectivity index (χ3n) is 4.84. The summed E-state index contributed by atoms with van der Waals surface area (Å²) >= 11 is 1.55. The molecule has 1 fully saturated rings. The maximum Gasteiger partial charge on any atom is 0.241 e. The number of carbonyl (C=O) groups is 1. The van der Waals surface area contributed by atoms with Crippen LogP contribution in [0.3, 0.4) is 0 Å². The number of carbonyl (C=O) groups excluding carboxylic acids is 1. The molecule has 0 bridgehead atoms. The number of aromatic nitrogens is 3. The Bertz CT molecular complexity index is 922. The van der Waals surface area contributed by atoms with Crippen LogP contribution in [0.5, 0.6) is 0 Å². The van der Waals surface area contributed by atoms with Gasteiger partial charge in [0.1, 0.15) is 16.3 Å². The average Bonchev–Trinajstić information content (AvgIpc) is 3.21. The zero-order chi connectivity index (χ0) is 18.6. The van der Waals surface area contributed by atoms with Crippen LogP contribution in [0, 0.1) is 0 Å². The van der Waals surface area contributed by atoms with Gasteiger partial charge in [0.15, 0.2) is 5.82 Å². The molecule has 3 aromatic rings. The topological polar surface area (TPSA) is 83.0 Å². The third-order valence-corrected chi connectivity index (χ3v) is 5.64. The Morgan fingerprint density at radius 3 is 3.07 bits per heavy atom. The van der Waals surface area contributed by atoms with Crippen molar-refractivity contribution in [3.63, 3.8) is 0 Å². The highest BCUT2D eigenvalue weighted by Gasteiger charge is 2.22. The lowest BCUT2D eigenvalue weighted by Gasteiger charge is -2.31. The smallest absolute Gasteiger partial charge is 0.241 e. The molecule has 0 aromatic carbocycles. The number of nitrogens with one attached hydrogen (secondary N) is 2. The maximum atomic E-state index is 12.6. The third kappa shape index (κ3) is 3.91. The molecule has 1 atom stereocenters. The fraction of sp³-hybridized carbons (Fsp3) is 0.368. The minimum Gasteiger partial charge on any atom is -0.360 e. The average molecular weight is 382 g/mol. The molecule has 0 aliphatic carbocycles. The van der Waals surface area contributed by atoms with Crippen LogP contribution in [0.2, 0.25) is 0 Å². The molecule has 1 amide bonds. The molecule has 2 N–H and O–H groups in total. The maximum absolute atomic E-state index is 12.6. The zero-order valence-corrected chi connectivity index (χ0v) is 16.0. The number of thiophene rings is 1. The van der Waals surface area contributed by atoms with E-state index in [0.717, 1.165) is 36.1 Å². The van der Waals surface area contributed by atoms with Gasteiger partial charge in [-0.2, -0.15) is 0 Å². The van der Waals surface area contributed by atoms with E-state index in [-0.39, 0.29) is 18.5 Å². The van der Waals surface area contributed by atoms with Gasteiger partial charge in [-0.15, -0.1) is 11.3 Å². The Kier molecular flexibility index (Phi) is 5.26. The van der Waals surface area contributed by atoms with Crippen LogP contribution >= 0.6 is 11.3 Å². The van der Waals surface area contributed by atoms with Gasteiger partial charge in [-0.05, 0) is 43.0 Å². The zero-order valence-electron chi connectivity index (χ0n) is 15.2. The predicted octanol–water partition coefficient (Wildman–Crippen LogP) is 2.38. The summed E-state index contributed by atoms with van der Waals surface area (Å²) in [5, 5.41) is 9.48. The molecular weight excluding hydrogens is 360 g/mol. The van der Waals surface area contributed by atoms with Crippen molar-refractivity contribution >= 4 is 33.3 Å². The van der Waals surface area contributed by atoms with E-state index in [9.17, 15) is 4.79 Å². The fourth-order valence-electron chi connectivity index (χ4n) is 3.25. The molecule has 8 heteroatoms. The summed E-state index contributed by atoms with van der Waals surface area (Å²) in [5.41, 5.74) is 0.715. The van der Waals surface area contributed by atoms with E-state index < -0.39 is 0 Å². The number of likely N-dealkylation sites (N-methyl/N-ethyl adjacent to an activating group) is 1. The van der Waals surface area contributed by atoms with Crippen molar-refractivity contribution in [3.8, 4) is 11.5 Å². The second-order valence-corrected chi connectivity index (χ2v) is 7.50. The minimum atomic E-state index is 0.0603. The second kappa shape index (κ2) is 7.98. The predicted molar refractivity (Wildman–Crippen MR) is 108 cm³/mol. The Labute approximate surface area is 161 Å². The van der Waals surface area contributed by atoms with Gasteiger partial charge in [0.2, 0.25) is 5.91 Å². The first-order valence-corrected chi connectivity index (χ1v) is 9.97. The summed E-state index contributed by atoms with van der Waals surface area (Å²) < 4.78 is 0. The molecular formula is C19H22N6OS. The first-order valence-electron chi connectivity index (χ1n) is 9.09. The number of fused-ring (bicyclic) bond motifs is 1. The summed E-state index contributed by atoms with van der Waals surface area (Å²) in [7, 11) is 1.88. The molecule has 140 valence electrons. The number of pyridine rings is 1. The highest BCUT2D eigenvalue weighted by atomic mass is 32.1. The molecule has 1 aliphatic heterocycles. The van der Waals surface area contributed by atoms with Crippen LogP contribution in [-0.4, -0.2) is 58.5 Å². The van der Waals surface area contributed by atoms with Crippen molar-refractivity contribution < 1.29 is 4.79 Å². The number of rotatable bonds is 5. The van der Waals surface area contributed by atoms with Crippen LogP contribution in [0.4, 0.5) is 5.82 Å². The summed E-state index contributed by atoms with van der Waals surface area (Å²) in [5.74, 6) is 1.29. The van der Waals surface area contributed by atoms with Crippen molar-refractivity contribution in [3.05, 3.63) is 35.8 Å². The van der Waals surface area contributed by atoms with E-state index >= 15 is 0 Å². The molecule has 27 heavy (non-hydrogen) atoms. The lowest BCUT2D eigenvalue weighted by Crippen LogP contribution is -2.48. The lowest BCUT2D eigenvalue weighted by molar-refractivity contribution is -0.130. The highest BCUT2D eigenvalue weighted by molar-refractivity contribution is 7.16. The molecule has 4 rings (SSSR count). The van der Waals surface area contributed by atoms with Gasteiger partial charge < -0.3 is 15.5 Å². The van der Waals surface area contributed by atoms with Crippen molar-refractivity contribution in [2.24, 2.45) is 0 Å². The molecule has 1 unspecified atom stereocenters. The summed E-state index contributed by atoms with van der Waals surface area (Å²) in [6.07, 6.45) is 3.87. The lowest BCUT2D eigenvalue weighted by atomic mass is 10.1. The molecule has 1 aliphatic rings. The normalized spacial score (nSPS) is 17.0. The Balaban J connectivity index is 1.53. The van der Waals surface area contributed by atoms with Crippen molar-refractivity contribution in [1.82, 2.24) is 25.2 Å². The number of hydrogen-bond acceptors (Lipinski definition) is 7. The molecule has 3 aromatic heterocycles. The number of amides is 1. The van der Waals surface area contributed by atoms with Crippen LogP contribution in [0.25, 0.3) is 21.7 Å². The molecule has 7 nitrogen and oxygen atoms in total. The Morgan fingerprint density at radius 1 is 1.37 bits per heavy atom. The summed E-state index contributed by atoms with van der Waals surface area (Å²) in [6.45, 7) is 2.09. The molecule has 1 saturated heterocycles. The molecule has 0 radical (unpaired) electrons. The minimum absolute atomic E-state index is 0.0603. The van der Waals surface area contributed by atoms with E-state index in [0.29, 0.717) is 17.3 Å². The molecule has 4 heterocycles. The Hall–Kier alpha value is -2.58. The largest absolute Gasteiger partial charge is 0.360 e. The van der Waals surface area contributed by atoms with Gasteiger partial charge in [0, 0.05) is 25.8 Å². The summed E-state index contributed by atoms with van der Waals surface area (Å²) in [6, 6.07) is 7.88. The first-order chi connectivity index (χ1) is 13.2. The van der Waals surface area contributed by atoms with Crippen LogP contribution in [-0.2, 0) is 4.79 Å². The van der Waals surface area contributed by atoms with E-state index in [4.69, 9.17) is 0 Å². The van der Waals surface area contributed by atoms with Crippen LogP contribution < -0.4 is 10.6 Å². The van der Waals surface area contributed by atoms with Crippen LogP contribution in [0.15, 0.2) is 35.8 Å². The van der Waals surface area contributed by atoms with Gasteiger partial charge in [-0.1, -0.05) is 6.07 Å². The monoisotopic (exact) mass is 382 g/mol. The first kappa shape index (κ1) is 17.8. The SMILES string of the molecule is CN(C(=O)CNc1nc(-c2ccccn2)nc2sccc12)C1CCCNC1. The second-order valence-electron chi connectivity index (χ2n) is 6.61. The molecule has 0 spiro atoms. The quantitative estimate of drug-likeness (QED) is 0.705. The van der Waals surface area contributed by atoms with Crippen LogP contribution in [0.1, 0.15) is 12.8 Å². The van der Waals surface area contributed by atoms with E-state index in [1.54, 1.807) is 17.5 Å². The van der Waals surface area contributed by atoms with E-state index in [1.807, 2.05) is 41.6 Å². The van der Waals surface area contributed by atoms with Crippen molar-refractivity contribution in [2.45, 2.75) is 18.9 Å². The van der Waals surface area contributed by atoms with Gasteiger partial charge in [-0.3, -0.25) is 9.78 Å². The Morgan fingerprint density at radius 2 is 2.30 bits per heavy atom. The van der Waals surface area contributed by atoms with E-state index in [2.05, 4.69) is 25.6 Å². The number of anilines is 1. The van der Waals surface area contributed by atoms with Crippen molar-refractivity contribution in [2.75, 3.05) is 32.0 Å².